The number of nitro groups is 1. The maximum absolute atomic E-state index is 12.9. The minimum absolute atomic E-state index is 0.00659. The second-order valence-corrected chi connectivity index (χ2v) is 6.80. The zero-order chi connectivity index (χ0) is 20.8. The molecular formula is C21H23N3O5. The van der Waals surface area contributed by atoms with Gasteiger partial charge in [0, 0.05) is 50.4 Å². The lowest BCUT2D eigenvalue weighted by Gasteiger charge is -2.34. The summed E-state index contributed by atoms with van der Waals surface area (Å²) in [7, 11) is 0. The molecule has 2 aromatic carbocycles. The number of benzene rings is 2. The van der Waals surface area contributed by atoms with Gasteiger partial charge in [-0.2, -0.15) is 0 Å². The van der Waals surface area contributed by atoms with E-state index in [9.17, 15) is 19.7 Å². The monoisotopic (exact) mass is 397 g/mol. The van der Waals surface area contributed by atoms with Gasteiger partial charge >= 0.3 is 5.97 Å². The molecule has 0 N–H and O–H groups in total. The highest BCUT2D eigenvalue weighted by molar-refractivity contribution is 5.99. The fraction of sp³-hybridized carbons (Fsp3) is 0.333. The summed E-state index contributed by atoms with van der Waals surface area (Å²) in [5.41, 5.74) is 1.04. The molecule has 8 heteroatoms. The number of hydrogen-bond acceptors (Lipinski definition) is 6. The van der Waals surface area contributed by atoms with Crippen LogP contribution in [0.2, 0.25) is 0 Å². The first-order valence-electron chi connectivity index (χ1n) is 9.50. The third-order valence-corrected chi connectivity index (χ3v) is 4.80. The molecule has 0 radical (unpaired) electrons. The molecule has 1 aliphatic heterocycles. The quantitative estimate of drug-likeness (QED) is 0.423. The Bertz CT molecular complexity index is 892. The molecule has 8 nitrogen and oxygen atoms in total. The van der Waals surface area contributed by atoms with Crippen molar-refractivity contribution in [2.75, 3.05) is 32.8 Å². The zero-order valence-corrected chi connectivity index (χ0v) is 16.2. The summed E-state index contributed by atoms with van der Waals surface area (Å²) in [6, 6.07) is 13.8. The number of amides is 1. The van der Waals surface area contributed by atoms with Gasteiger partial charge in [0.05, 0.1) is 17.1 Å². The Kier molecular flexibility index (Phi) is 6.56. The number of nitrogens with zero attached hydrogens (tertiary/aromatic N) is 3. The lowest BCUT2D eigenvalue weighted by Crippen LogP contribution is -2.48. The average Bonchev–Trinajstić information content (AvgIpc) is 2.74. The van der Waals surface area contributed by atoms with Crippen molar-refractivity contribution in [3.8, 4) is 0 Å². The second kappa shape index (κ2) is 9.29. The van der Waals surface area contributed by atoms with E-state index in [4.69, 9.17) is 4.74 Å². The normalized spacial score (nSPS) is 14.4. The molecule has 1 heterocycles. The number of ether oxygens (including phenoxy) is 1. The maximum Gasteiger partial charge on any atom is 0.338 e. The Morgan fingerprint density at radius 2 is 1.69 bits per heavy atom. The molecule has 152 valence electrons. The van der Waals surface area contributed by atoms with Crippen LogP contribution in [0.5, 0.6) is 0 Å². The Hall–Kier alpha value is -3.26. The van der Waals surface area contributed by atoms with Gasteiger partial charge in [-0.05, 0) is 18.6 Å². The van der Waals surface area contributed by atoms with E-state index in [1.54, 1.807) is 11.8 Å². The van der Waals surface area contributed by atoms with Crippen LogP contribution in [0, 0.1) is 10.1 Å². The van der Waals surface area contributed by atoms with E-state index in [0.717, 1.165) is 12.6 Å². The van der Waals surface area contributed by atoms with Gasteiger partial charge in [0.1, 0.15) is 0 Å². The lowest BCUT2D eigenvalue weighted by atomic mass is 10.1. The minimum atomic E-state index is -0.682. The van der Waals surface area contributed by atoms with Crippen LogP contribution in [0.3, 0.4) is 0 Å². The van der Waals surface area contributed by atoms with Crippen LogP contribution in [0.15, 0.2) is 48.5 Å². The Morgan fingerprint density at radius 1 is 1.03 bits per heavy atom. The number of rotatable bonds is 6. The number of carbonyl (C=O) groups is 2. The first-order valence-corrected chi connectivity index (χ1v) is 9.50. The number of hydrogen-bond donors (Lipinski definition) is 0. The van der Waals surface area contributed by atoms with E-state index in [1.807, 2.05) is 18.2 Å². The SMILES string of the molecule is CCOC(=O)c1cc(C(=O)N2CCN(Cc3ccccc3)CC2)cc([N+](=O)[O-])c1. The van der Waals surface area contributed by atoms with Crippen LogP contribution < -0.4 is 0 Å². The number of nitro benzene ring substituents is 1. The molecule has 2 aromatic rings. The summed E-state index contributed by atoms with van der Waals surface area (Å²) in [6.45, 7) is 5.06. The largest absolute Gasteiger partial charge is 0.462 e. The molecule has 29 heavy (non-hydrogen) atoms. The van der Waals surface area contributed by atoms with Crippen LogP contribution in [0.1, 0.15) is 33.2 Å². The van der Waals surface area contributed by atoms with Gasteiger partial charge in [-0.25, -0.2) is 4.79 Å². The smallest absolute Gasteiger partial charge is 0.338 e. The molecule has 0 bridgehead atoms. The van der Waals surface area contributed by atoms with Gasteiger partial charge in [0.25, 0.3) is 11.6 Å². The first kappa shape index (κ1) is 20.5. The van der Waals surface area contributed by atoms with E-state index >= 15 is 0 Å². The first-order chi connectivity index (χ1) is 14.0. The lowest BCUT2D eigenvalue weighted by molar-refractivity contribution is -0.384. The summed E-state index contributed by atoms with van der Waals surface area (Å²) in [4.78, 5) is 39.4. The van der Waals surface area contributed by atoms with Crippen LogP contribution in [-0.2, 0) is 11.3 Å². The van der Waals surface area contributed by atoms with Gasteiger partial charge in [0.15, 0.2) is 0 Å². The zero-order valence-electron chi connectivity index (χ0n) is 16.2. The van der Waals surface area contributed by atoms with Gasteiger partial charge in [-0.1, -0.05) is 30.3 Å². The predicted octanol–water partition coefficient (Wildman–Crippen LogP) is 2.73. The highest BCUT2D eigenvalue weighted by Crippen LogP contribution is 2.20. The number of esters is 1. The molecule has 1 amide bonds. The summed E-state index contributed by atoms with van der Waals surface area (Å²) in [6.07, 6.45) is 0. The highest BCUT2D eigenvalue weighted by atomic mass is 16.6. The molecule has 1 fully saturated rings. The maximum atomic E-state index is 12.9. The Balaban J connectivity index is 1.70. The highest BCUT2D eigenvalue weighted by Gasteiger charge is 2.25. The number of non-ortho nitro benzene ring substituents is 1. The van der Waals surface area contributed by atoms with Crippen LogP contribution in [-0.4, -0.2) is 59.4 Å². The van der Waals surface area contributed by atoms with Crippen molar-refractivity contribution in [1.29, 1.82) is 0 Å². The van der Waals surface area contributed by atoms with Gasteiger partial charge in [0.2, 0.25) is 0 Å². The van der Waals surface area contributed by atoms with Crippen molar-refractivity contribution < 1.29 is 19.2 Å². The Morgan fingerprint density at radius 3 is 2.31 bits per heavy atom. The van der Waals surface area contributed by atoms with Crippen LogP contribution >= 0.6 is 0 Å². The molecule has 1 saturated heterocycles. The van der Waals surface area contributed by atoms with E-state index in [2.05, 4.69) is 17.0 Å². The van der Waals surface area contributed by atoms with Gasteiger partial charge in [-0.15, -0.1) is 0 Å². The van der Waals surface area contributed by atoms with Gasteiger partial charge < -0.3 is 9.64 Å². The summed E-state index contributed by atoms with van der Waals surface area (Å²) in [5.74, 6) is -1.00. The standard InChI is InChI=1S/C21H23N3O5/c1-2-29-21(26)18-12-17(13-19(14-18)24(27)28)20(25)23-10-8-22(9-11-23)15-16-6-4-3-5-7-16/h3-7,12-14H,2,8-11,15H2,1H3. The number of piperazine rings is 1. The topological polar surface area (TPSA) is 93.0 Å². The summed E-state index contributed by atoms with van der Waals surface area (Å²) < 4.78 is 4.92. The molecule has 3 rings (SSSR count). The fourth-order valence-electron chi connectivity index (χ4n) is 3.31. The molecule has 0 unspecified atom stereocenters. The fourth-order valence-corrected chi connectivity index (χ4v) is 3.31. The summed E-state index contributed by atoms with van der Waals surface area (Å²) in [5, 5.41) is 11.2. The molecule has 0 aromatic heterocycles. The van der Waals surface area contributed by atoms with E-state index < -0.39 is 10.9 Å². The van der Waals surface area contributed by atoms with E-state index in [-0.39, 0.29) is 29.3 Å². The Labute approximate surface area is 168 Å². The molecule has 0 aliphatic carbocycles. The summed E-state index contributed by atoms with van der Waals surface area (Å²) >= 11 is 0. The van der Waals surface area contributed by atoms with Crippen molar-refractivity contribution in [1.82, 2.24) is 9.80 Å². The molecule has 0 atom stereocenters. The van der Waals surface area contributed by atoms with Crippen molar-refractivity contribution in [2.24, 2.45) is 0 Å². The van der Waals surface area contributed by atoms with Crippen molar-refractivity contribution in [3.05, 3.63) is 75.3 Å². The third-order valence-electron chi connectivity index (χ3n) is 4.80. The number of carbonyl (C=O) groups excluding carboxylic acids is 2. The van der Waals surface area contributed by atoms with E-state index in [0.29, 0.717) is 26.2 Å². The van der Waals surface area contributed by atoms with Crippen molar-refractivity contribution in [2.45, 2.75) is 13.5 Å². The molecule has 0 saturated carbocycles. The third kappa shape index (κ3) is 5.17. The van der Waals surface area contributed by atoms with Crippen molar-refractivity contribution >= 4 is 17.6 Å². The molecule has 0 spiro atoms. The molecule has 1 aliphatic rings. The van der Waals surface area contributed by atoms with Crippen molar-refractivity contribution in [3.63, 3.8) is 0 Å². The average molecular weight is 397 g/mol. The van der Waals surface area contributed by atoms with Crippen LogP contribution in [0.4, 0.5) is 5.69 Å². The molecular weight excluding hydrogens is 374 g/mol. The van der Waals surface area contributed by atoms with Crippen LogP contribution in [0.25, 0.3) is 0 Å². The van der Waals surface area contributed by atoms with Gasteiger partial charge in [-0.3, -0.25) is 19.8 Å². The minimum Gasteiger partial charge on any atom is -0.462 e. The predicted molar refractivity (Wildman–Crippen MR) is 107 cm³/mol. The second-order valence-electron chi connectivity index (χ2n) is 6.80. The van der Waals surface area contributed by atoms with E-state index in [1.165, 1.54) is 17.7 Å².